The first-order chi connectivity index (χ1) is 9.13. The Balaban J connectivity index is 2.47. The molecule has 1 aromatic rings. The molecule has 0 saturated heterocycles. The van der Waals surface area contributed by atoms with E-state index in [1.165, 1.54) is 5.56 Å². The van der Waals surface area contributed by atoms with Gasteiger partial charge in [-0.3, -0.25) is 4.79 Å². The second-order valence-corrected chi connectivity index (χ2v) is 5.09. The monoisotopic (exact) mass is 263 g/mol. The van der Waals surface area contributed by atoms with E-state index >= 15 is 0 Å². The highest BCUT2D eigenvalue weighted by molar-refractivity contribution is 5.70. The highest BCUT2D eigenvalue weighted by Gasteiger charge is 2.17. The van der Waals surface area contributed by atoms with E-state index in [-0.39, 0.29) is 12.0 Å². The van der Waals surface area contributed by atoms with Gasteiger partial charge in [-0.15, -0.1) is 0 Å². The molecule has 0 amide bonds. The maximum absolute atomic E-state index is 11.8. The van der Waals surface area contributed by atoms with Crippen molar-refractivity contribution >= 4 is 5.97 Å². The molecule has 1 rings (SSSR count). The smallest absolute Gasteiger partial charge is 0.307 e. The van der Waals surface area contributed by atoms with Crippen LogP contribution in [0.3, 0.4) is 0 Å². The van der Waals surface area contributed by atoms with Crippen molar-refractivity contribution in [3.05, 3.63) is 35.9 Å². The van der Waals surface area contributed by atoms with E-state index in [1.807, 2.05) is 32.3 Å². The molecule has 0 aliphatic heterocycles. The highest BCUT2D eigenvalue weighted by Crippen LogP contribution is 2.11. The van der Waals surface area contributed by atoms with Gasteiger partial charge in [-0.25, -0.2) is 0 Å². The Bertz CT molecular complexity index is 362. The van der Waals surface area contributed by atoms with Crippen molar-refractivity contribution in [1.29, 1.82) is 0 Å². The van der Waals surface area contributed by atoms with Gasteiger partial charge in [0.25, 0.3) is 0 Å². The second kappa shape index (κ2) is 8.70. The van der Waals surface area contributed by atoms with Crippen LogP contribution in [0.2, 0.25) is 0 Å². The second-order valence-electron chi connectivity index (χ2n) is 5.09. The van der Waals surface area contributed by atoms with Crippen molar-refractivity contribution in [3.63, 3.8) is 0 Å². The summed E-state index contributed by atoms with van der Waals surface area (Å²) >= 11 is 0. The van der Waals surface area contributed by atoms with Gasteiger partial charge in [0.15, 0.2) is 0 Å². The fraction of sp³-hybridized carbons (Fsp3) is 0.562. The molecule has 3 nitrogen and oxygen atoms in total. The van der Waals surface area contributed by atoms with E-state index in [9.17, 15) is 4.79 Å². The summed E-state index contributed by atoms with van der Waals surface area (Å²) in [7, 11) is 4.01. The fourth-order valence-electron chi connectivity index (χ4n) is 1.91. The zero-order chi connectivity index (χ0) is 14.1. The van der Waals surface area contributed by atoms with E-state index in [2.05, 4.69) is 24.0 Å². The molecule has 0 aromatic heterocycles. The number of esters is 1. The van der Waals surface area contributed by atoms with Gasteiger partial charge in [-0.1, -0.05) is 43.7 Å². The summed E-state index contributed by atoms with van der Waals surface area (Å²) in [4.78, 5) is 13.9. The summed E-state index contributed by atoms with van der Waals surface area (Å²) in [6, 6.07) is 10.4. The molecule has 1 atom stereocenters. The number of rotatable bonds is 8. The summed E-state index contributed by atoms with van der Waals surface area (Å²) in [5.74, 6) is -0.0944. The fourth-order valence-corrected chi connectivity index (χ4v) is 1.91. The number of carbonyl (C=O) groups excluding carboxylic acids is 1. The summed E-state index contributed by atoms with van der Waals surface area (Å²) in [5.41, 5.74) is 1.25. The summed E-state index contributed by atoms with van der Waals surface area (Å²) in [6.45, 7) is 2.63. The molecule has 1 aromatic carbocycles. The van der Waals surface area contributed by atoms with Crippen molar-refractivity contribution in [2.45, 2.75) is 38.6 Å². The molecule has 0 radical (unpaired) electrons. The van der Waals surface area contributed by atoms with Gasteiger partial charge in [-0.05, 0) is 32.5 Å². The average Bonchev–Trinajstić information content (AvgIpc) is 2.39. The topological polar surface area (TPSA) is 29.5 Å². The molecular weight excluding hydrogens is 238 g/mol. The SMILES string of the molecule is CCCCOC(=O)CC(Cc1ccccc1)N(C)C. The number of nitrogens with zero attached hydrogens (tertiary/aromatic N) is 1. The minimum Gasteiger partial charge on any atom is -0.466 e. The quantitative estimate of drug-likeness (QED) is 0.533. The number of ether oxygens (including phenoxy) is 1. The van der Waals surface area contributed by atoms with Gasteiger partial charge >= 0.3 is 5.97 Å². The molecule has 0 bridgehead atoms. The van der Waals surface area contributed by atoms with Gasteiger partial charge in [0.2, 0.25) is 0 Å². The molecule has 19 heavy (non-hydrogen) atoms. The largest absolute Gasteiger partial charge is 0.466 e. The van der Waals surface area contributed by atoms with E-state index in [4.69, 9.17) is 4.74 Å². The first kappa shape index (κ1) is 15.7. The third-order valence-electron chi connectivity index (χ3n) is 3.21. The average molecular weight is 263 g/mol. The first-order valence-electron chi connectivity index (χ1n) is 6.99. The zero-order valence-electron chi connectivity index (χ0n) is 12.3. The van der Waals surface area contributed by atoms with Gasteiger partial charge in [-0.2, -0.15) is 0 Å². The Morgan fingerprint density at radius 2 is 1.95 bits per heavy atom. The van der Waals surface area contributed by atoms with Crippen LogP contribution < -0.4 is 0 Å². The van der Waals surface area contributed by atoms with E-state index in [1.54, 1.807) is 0 Å². The van der Waals surface area contributed by atoms with Crippen molar-refractivity contribution in [1.82, 2.24) is 4.90 Å². The van der Waals surface area contributed by atoms with Gasteiger partial charge in [0, 0.05) is 6.04 Å². The van der Waals surface area contributed by atoms with Gasteiger partial charge in [0.05, 0.1) is 13.0 Å². The highest BCUT2D eigenvalue weighted by atomic mass is 16.5. The molecule has 106 valence electrons. The number of unbranched alkanes of at least 4 members (excludes halogenated alkanes) is 1. The van der Waals surface area contributed by atoms with Gasteiger partial charge < -0.3 is 9.64 Å². The molecule has 3 heteroatoms. The maximum atomic E-state index is 11.8. The molecule has 0 heterocycles. The lowest BCUT2D eigenvalue weighted by Gasteiger charge is -2.23. The third-order valence-corrected chi connectivity index (χ3v) is 3.21. The standard InChI is InChI=1S/C16H25NO2/c1-4-5-11-19-16(18)13-15(17(2)3)12-14-9-7-6-8-10-14/h6-10,15H,4-5,11-13H2,1-3H3. The Morgan fingerprint density at radius 3 is 2.53 bits per heavy atom. The third kappa shape index (κ3) is 6.39. The lowest BCUT2D eigenvalue weighted by atomic mass is 10.0. The van der Waals surface area contributed by atoms with E-state index in [0.29, 0.717) is 13.0 Å². The molecule has 0 saturated carbocycles. The number of benzene rings is 1. The molecule has 0 aliphatic carbocycles. The molecular formula is C16H25NO2. The molecule has 0 N–H and O–H groups in total. The molecule has 0 fully saturated rings. The predicted molar refractivity (Wildman–Crippen MR) is 78.1 cm³/mol. The van der Waals surface area contributed by atoms with E-state index in [0.717, 1.165) is 19.3 Å². The predicted octanol–water partition coefficient (Wildman–Crippen LogP) is 2.89. The first-order valence-corrected chi connectivity index (χ1v) is 6.99. The van der Waals surface area contributed by atoms with Crippen LogP contribution in [0.1, 0.15) is 31.7 Å². The molecule has 1 unspecified atom stereocenters. The zero-order valence-corrected chi connectivity index (χ0v) is 12.3. The van der Waals surface area contributed by atoms with Crippen LogP contribution in [-0.4, -0.2) is 37.6 Å². The van der Waals surface area contributed by atoms with Crippen molar-refractivity contribution in [2.75, 3.05) is 20.7 Å². The lowest BCUT2D eigenvalue weighted by Crippen LogP contribution is -2.33. The number of hydrogen-bond donors (Lipinski definition) is 0. The maximum Gasteiger partial charge on any atom is 0.307 e. The van der Waals surface area contributed by atoms with Crippen LogP contribution in [0.5, 0.6) is 0 Å². The van der Waals surface area contributed by atoms with Crippen LogP contribution >= 0.6 is 0 Å². The normalized spacial score (nSPS) is 12.4. The summed E-state index contributed by atoms with van der Waals surface area (Å²) in [5, 5.41) is 0. The van der Waals surface area contributed by atoms with Crippen LogP contribution in [0, 0.1) is 0 Å². The molecule has 0 spiro atoms. The van der Waals surface area contributed by atoms with Crippen LogP contribution in [-0.2, 0) is 16.0 Å². The van der Waals surface area contributed by atoms with Crippen molar-refractivity contribution < 1.29 is 9.53 Å². The Morgan fingerprint density at radius 1 is 1.26 bits per heavy atom. The Kier molecular flexibility index (Phi) is 7.19. The Hall–Kier alpha value is -1.35. The van der Waals surface area contributed by atoms with Crippen LogP contribution in [0.25, 0.3) is 0 Å². The van der Waals surface area contributed by atoms with Crippen LogP contribution in [0.4, 0.5) is 0 Å². The minimum absolute atomic E-state index is 0.0944. The molecule has 0 aliphatic rings. The Labute approximate surface area is 116 Å². The number of hydrogen-bond acceptors (Lipinski definition) is 3. The van der Waals surface area contributed by atoms with E-state index < -0.39 is 0 Å². The lowest BCUT2D eigenvalue weighted by molar-refractivity contribution is -0.145. The van der Waals surface area contributed by atoms with Crippen molar-refractivity contribution in [3.8, 4) is 0 Å². The number of likely N-dealkylation sites (N-methyl/N-ethyl adjacent to an activating group) is 1. The minimum atomic E-state index is -0.0944. The number of carbonyl (C=O) groups is 1. The summed E-state index contributed by atoms with van der Waals surface area (Å²) < 4.78 is 5.24. The van der Waals surface area contributed by atoms with Gasteiger partial charge in [0.1, 0.15) is 0 Å². The van der Waals surface area contributed by atoms with Crippen molar-refractivity contribution in [2.24, 2.45) is 0 Å². The van der Waals surface area contributed by atoms with Crippen LogP contribution in [0.15, 0.2) is 30.3 Å². The summed E-state index contributed by atoms with van der Waals surface area (Å²) in [6.07, 6.45) is 3.31.